The van der Waals surface area contributed by atoms with Crippen LogP contribution < -0.4 is 4.57 Å². The highest BCUT2D eigenvalue weighted by Gasteiger charge is 2.25. The highest BCUT2D eigenvalue weighted by atomic mass is 15.2. The highest BCUT2D eigenvalue weighted by Crippen LogP contribution is 2.23. The maximum Gasteiger partial charge on any atom is 0.261 e. The molecule has 250 valence electrons. The van der Waals surface area contributed by atoms with Gasteiger partial charge in [-0.05, 0) is 42.7 Å². The van der Waals surface area contributed by atoms with E-state index in [9.17, 15) is 0 Å². The van der Waals surface area contributed by atoms with Crippen molar-refractivity contribution in [1.82, 2.24) is 4.57 Å². The summed E-state index contributed by atoms with van der Waals surface area (Å²) in [5.41, 5.74) is 4.41. The fourth-order valence-electron chi connectivity index (χ4n) is 6.99. The third-order valence-electron chi connectivity index (χ3n) is 9.87. The molecule has 3 rings (SSSR count). The minimum absolute atomic E-state index is 0.517. The second kappa shape index (κ2) is 23.9. The average molecular weight is 614 g/mol. The van der Waals surface area contributed by atoms with Gasteiger partial charge in [-0.25, -0.2) is 9.13 Å². The van der Waals surface area contributed by atoms with Crippen LogP contribution in [0.4, 0.5) is 0 Å². The van der Waals surface area contributed by atoms with Crippen LogP contribution in [-0.2, 0) is 25.9 Å². The van der Waals surface area contributed by atoms with E-state index in [4.69, 9.17) is 0 Å². The van der Waals surface area contributed by atoms with Crippen molar-refractivity contribution in [3.05, 3.63) is 89.5 Å². The van der Waals surface area contributed by atoms with Crippen molar-refractivity contribution in [3.63, 3.8) is 0 Å². The number of aromatic nitrogens is 2. The molecule has 0 saturated carbocycles. The second-order valence-corrected chi connectivity index (χ2v) is 13.9. The van der Waals surface area contributed by atoms with E-state index in [0.717, 1.165) is 25.9 Å². The molecule has 0 spiro atoms. The minimum atomic E-state index is 0.517. The molecule has 0 aliphatic heterocycles. The fraction of sp³-hybridized carbons (Fsp3) is 0.651. The Labute approximate surface area is 279 Å². The lowest BCUT2D eigenvalue weighted by atomic mass is 9.96. The summed E-state index contributed by atoms with van der Waals surface area (Å²) in [6.45, 7) is 9.33. The van der Waals surface area contributed by atoms with Gasteiger partial charge in [0, 0.05) is 6.42 Å². The van der Waals surface area contributed by atoms with Gasteiger partial charge in [-0.15, -0.1) is 0 Å². The van der Waals surface area contributed by atoms with Crippen LogP contribution >= 0.6 is 0 Å². The van der Waals surface area contributed by atoms with E-state index in [-0.39, 0.29) is 0 Å². The summed E-state index contributed by atoms with van der Waals surface area (Å²) in [4.78, 5) is 0. The third kappa shape index (κ3) is 15.2. The van der Waals surface area contributed by atoms with Crippen molar-refractivity contribution in [2.24, 2.45) is 0 Å². The molecule has 0 amide bonds. The van der Waals surface area contributed by atoms with E-state index in [1.54, 1.807) is 0 Å². The molecule has 2 aromatic carbocycles. The maximum atomic E-state index is 2.74. The first kappa shape index (κ1) is 37.1. The highest BCUT2D eigenvalue weighted by molar-refractivity contribution is 5.22. The summed E-state index contributed by atoms with van der Waals surface area (Å²) in [5, 5.41) is 0. The largest absolute Gasteiger partial charge is 0.261 e. The van der Waals surface area contributed by atoms with Crippen LogP contribution in [0.15, 0.2) is 66.9 Å². The average Bonchev–Trinajstić information content (AvgIpc) is 3.38. The summed E-state index contributed by atoms with van der Waals surface area (Å²) in [5.74, 6) is 2.03. The zero-order valence-electron chi connectivity index (χ0n) is 29.8. The van der Waals surface area contributed by atoms with Gasteiger partial charge in [0.2, 0.25) is 0 Å². The van der Waals surface area contributed by atoms with E-state index in [1.807, 2.05) is 0 Å². The Hall–Kier alpha value is -2.35. The maximum absolute atomic E-state index is 2.74. The lowest BCUT2D eigenvalue weighted by Crippen LogP contribution is -2.37. The monoisotopic (exact) mass is 614 g/mol. The normalized spacial score (nSPS) is 12.2. The first-order chi connectivity index (χ1) is 22.2. The lowest BCUT2D eigenvalue weighted by Gasteiger charge is -2.12. The Morgan fingerprint density at radius 1 is 0.556 bits per heavy atom. The number of unbranched alkanes of at least 4 members (excludes halogenated alkanes) is 18. The quantitative estimate of drug-likeness (QED) is 0.0597. The molecule has 1 aromatic heterocycles. The smallest absolute Gasteiger partial charge is 0.234 e. The number of imidazole rings is 1. The van der Waals surface area contributed by atoms with E-state index >= 15 is 0 Å². The molecule has 0 aliphatic rings. The van der Waals surface area contributed by atoms with Crippen LogP contribution in [0.3, 0.4) is 0 Å². The van der Waals surface area contributed by atoms with Gasteiger partial charge in [-0.1, -0.05) is 184 Å². The summed E-state index contributed by atoms with van der Waals surface area (Å²) in [7, 11) is 0. The van der Waals surface area contributed by atoms with Gasteiger partial charge >= 0.3 is 0 Å². The summed E-state index contributed by atoms with van der Waals surface area (Å²) in [6.07, 6.45) is 32.5. The van der Waals surface area contributed by atoms with Crippen LogP contribution in [0.1, 0.15) is 178 Å². The summed E-state index contributed by atoms with van der Waals surface area (Å²) >= 11 is 0. The predicted molar refractivity (Wildman–Crippen MR) is 196 cm³/mol. The van der Waals surface area contributed by atoms with Crippen molar-refractivity contribution in [2.75, 3.05) is 0 Å². The molecule has 0 N–H and O–H groups in total. The summed E-state index contributed by atoms with van der Waals surface area (Å²) in [6, 6.07) is 22.3. The van der Waals surface area contributed by atoms with Gasteiger partial charge < -0.3 is 0 Å². The molecule has 2 nitrogen and oxygen atoms in total. The first-order valence-electron chi connectivity index (χ1n) is 19.4. The molecule has 0 aliphatic carbocycles. The molecule has 45 heavy (non-hydrogen) atoms. The molecule has 1 heterocycles. The SMILES string of the molecule is CCCCCCCCCCCCC[n+]1cc(CC(C)c2ccccc2)n(CCCCCCCCCCC)c1Cc1ccccc1. The van der Waals surface area contributed by atoms with Gasteiger partial charge in [-0.3, -0.25) is 0 Å². The van der Waals surface area contributed by atoms with E-state index in [2.05, 4.69) is 96.8 Å². The van der Waals surface area contributed by atoms with Crippen LogP contribution in [-0.4, -0.2) is 4.57 Å². The number of aryl methyl sites for hydroxylation is 1. The van der Waals surface area contributed by atoms with Gasteiger partial charge in [0.15, 0.2) is 0 Å². The van der Waals surface area contributed by atoms with Crippen molar-refractivity contribution in [2.45, 2.75) is 181 Å². The molecule has 0 saturated heterocycles. The second-order valence-electron chi connectivity index (χ2n) is 13.9. The molecular weight excluding hydrogens is 544 g/mol. The summed E-state index contributed by atoms with van der Waals surface area (Å²) < 4.78 is 5.40. The van der Waals surface area contributed by atoms with Crippen molar-refractivity contribution in [3.8, 4) is 0 Å². The molecule has 1 unspecified atom stereocenters. The van der Waals surface area contributed by atoms with Crippen LogP contribution in [0.25, 0.3) is 0 Å². The Morgan fingerprint density at radius 3 is 1.56 bits per heavy atom. The van der Waals surface area contributed by atoms with Crippen molar-refractivity contribution >= 4 is 0 Å². The molecular formula is C43H69N2+. The van der Waals surface area contributed by atoms with Crippen LogP contribution in [0, 0.1) is 0 Å². The standard InChI is InChI=1S/C43H69N2/c1-4-6-8-10-12-14-15-17-18-20-28-34-44-38-42(36-39(3)41-32-26-23-27-33-41)45(43(44)37-40-30-24-22-25-31-40)35-29-21-19-16-13-11-9-7-5-2/h22-27,30-33,38-39H,4-21,28-29,34-37H2,1-3H3/q+1. The first-order valence-corrected chi connectivity index (χ1v) is 19.4. The van der Waals surface area contributed by atoms with E-state index < -0.39 is 0 Å². The number of hydrogen-bond donors (Lipinski definition) is 0. The van der Waals surface area contributed by atoms with Crippen molar-refractivity contribution in [1.29, 1.82) is 0 Å². The zero-order chi connectivity index (χ0) is 31.8. The van der Waals surface area contributed by atoms with E-state index in [1.165, 1.54) is 151 Å². The number of nitrogens with zero attached hydrogens (tertiary/aromatic N) is 2. The molecule has 0 bridgehead atoms. The molecule has 1 atom stereocenters. The topological polar surface area (TPSA) is 8.81 Å². The molecule has 3 aromatic rings. The van der Waals surface area contributed by atoms with Crippen LogP contribution in [0.2, 0.25) is 0 Å². The van der Waals surface area contributed by atoms with Crippen molar-refractivity contribution < 1.29 is 4.57 Å². The van der Waals surface area contributed by atoms with Crippen LogP contribution in [0.5, 0.6) is 0 Å². The fourth-order valence-corrected chi connectivity index (χ4v) is 6.99. The van der Waals surface area contributed by atoms with Gasteiger partial charge in [-0.2, -0.15) is 0 Å². The number of rotatable bonds is 27. The molecule has 2 heteroatoms. The lowest BCUT2D eigenvalue weighted by molar-refractivity contribution is -0.704. The van der Waals surface area contributed by atoms with Gasteiger partial charge in [0.05, 0.1) is 19.5 Å². The molecule has 0 fully saturated rings. The Balaban J connectivity index is 1.64. The van der Waals surface area contributed by atoms with E-state index in [0.29, 0.717) is 5.92 Å². The Morgan fingerprint density at radius 2 is 1.02 bits per heavy atom. The van der Waals surface area contributed by atoms with Gasteiger partial charge in [0.25, 0.3) is 5.82 Å². The Bertz CT molecular complexity index is 1100. The molecule has 0 radical (unpaired) electrons. The van der Waals surface area contributed by atoms with Gasteiger partial charge in [0.1, 0.15) is 11.9 Å². The number of hydrogen-bond acceptors (Lipinski definition) is 0. The minimum Gasteiger partial charge on any atom is -0.234 e. The Kier molecular flexibility index (Phi) is 19.7. The number of benzene rings is 2. The third-order valence-corrected chi connectivity index (χ3v) is 9.87. The predicted octanol–water partition coefficient (Wildman–Crippen LogP) is 12.6. The zero-order valence-corrected chi connectivity index (χ0v) is 29.8.